The van der Waals surface area contributed by atoms with Gasteiger partial charge in [-0.15, -0.1) is 0 Å². The van der Waals surface area contributed by atoms with Gasteiger partial charge in [-0.2, -0.15) is 0 Å². The summed E-state index contributed by atoms with van der Waals surface area (Å²) in [6, 6.07) is 10.3. The monoisotopic (exact) mass is 244 g/mol. The Bertz CT molecular complexity index is 1040. The molecule has 0 amide bonds. The first-order chi connectivity index (χ1) is 9.27. The normalized spacial score (nSPS) is 11.6. The number of pyridine rings is 1. The molecule has 0 radical (unpaired) electrons. The summed E-state index contributed by atoms with van der Waals surface area (Å²) >= 11 is 0. The van der Waals surface area contributed by atoms with Crippen LogP contribution in [0.3, 0.4) is 0 Å². The molecule has 2 aromatic heterocycles. The molecule has 0 fully saturated rings. The number of nitrogens with zero attached hydrogens (tertiary/aromatic N) is 1. The lowest BCUT2D eigenvalue weighted by Crippen LogP contribution is -2.11. The van der Waals surface area contributed by atoms with Crippen LogP contribution in [0.1, 0.15) is 0 Å². The van der Waals surface area contributed by atoms with Crippen molar-refractivity contribution in [3.8, 4) is 0 Å². The Balaban J connectivity index is 2.48. The molecule has 90 valence electrons. The van der Waals surface area contributed by atoms with Gasteiger partial charge in [0, 0.05) is 39.3 Å². The number of H-pyrrole nitrogens is 1. The SMILES string of the molecule is C=c1c2cnccc2c(=C)c2c1[nH]c1ccccc12. The highest BCUT2D eigenvalue weighted by atomic mass is 14.7. The summed E-state index contributed by atoms with van der Waals surface area (Å²) in [6.07, 6.45) is 3.66. The fraction of sp³-hybridized carbons (Fsp3) is 0. The molecule has 0 unspecified atom stereocenters. The van der Waals surface area contributed by atoms with E-state index in [-0.39, 0.29) is 0 Å². The average molecular weight is 244 g/mol. The largest absolute Gasteiger partial charge is 0.354 e. The Labute approximate surface area is 109 Å². The lowest BCUT2D eigenvalue weighted by atomic mass is 10.0. The van der Waals surface area contributed by atoms with Gasteiger partial charge in [-0.05, 0) is 22.7 Å². The van der Waals surface area contributed by atoms with E-state index in [1.807, 2.05) is 18.3 Å². The lowest BCUT2D eigenvalue weighted by molar-refractivity contribution is 1.36. The van der Waals surface area contributed by atoms with Crippen LogP contribution in [0.25, 0.3) is 45.7 Å². The fourth-order valence-corrected chi connectivity index (χ4v) is 2.85. The first-order valence-corrected chi connectivity index (χ1v) is 6.21. The van der Waals surface area contributed by atoms with Gasteiger partial charge < -0.3 is 4.98 Å². The quantitative estimate of drug-likeness (QED) is 0.506. The van der Waals surface area contributed by atoms with Gasteiger partial charge in [0.15, 0.2) is 0 Å². The molecule has 19 heavy (non-hydrogen) atoms. The van der Waals surface area contributed by atoms with Crippen LogP contribution in [0, 0.1) is 0 Å². The van der Waals surface area contributed by atoms with Gasteiger partial charge in [0.1, 0.15) is 0 Å². The Hall–Kier alpha value is -2.61. The molecule has 2 heterocycles. The van der Waals surface area contributed by atoms with Gasteiger partial charge in [0.25, 0.3) is 0 Å². The third-order valence-electron chi connectivity index (χ3n) is 3.78. The maximum Gasteiger partial charge on any atom is 0.0545 e. The standard InChI is InChI=1S/C17H12N2/c1-10-12-7-8-18-9-14(12)11(2)17-16(10)13-5-3-4-6-15(13)19-17/h3-9,19H,1-2H2. The zero-order chi connectivity index (χ0) is 13.0. The Morgan fingerprint density at radius 2 is 1.74 bits per heavy atom. The van der Waals surface area contributed by atoms with Crippen molar-refractivity contribution in [2.45, 2.75) is 0 Å². The van der Waals surface area contributed by atoms with E-state index in [1.165, 1.54) is 10.8 Å². The zero-order valence-corrected chi connectivity index (χ0v) is 10.4. The Morgan fingerprint density at radius 3 is 2.63 bits per heavy atom. The van der Waals surface area contributed by atoms with E-state index in [1.54, 1.807) is 6.20 Å². The van der Waals surface area contributed by atoms with Gasteiger partial charge in [0.05, 0.1) is 5.52 Å². The number of benzene rings is 2. The second-order valence-corrected chi connectivity index (χ2v) is 4.80. The molecule has 2 nitrogen and oxygen atoms in total. The van der Waals surface area contributed by atoms with Gasteiger partial charge in [-0.25, -0.2) is 0 Å². The summed E-state index contributed by atoms with van der Waals surface area (Å²) in [4.78, 5) is 7.64. The first kappa shape index (κ1) is 10.3. The predicted octanol–water partition coefficient (Wildman–Crippen LogP) is 2.69. The molecule has 0 spiro atoms. The van der Waals surface area contributed by atoms with Crippen molar-refractivity contribution in [2.75, 3.05) is 0 Å². The maximum atomic E-state index is 4.26. The minimum Gasteiger partial charge on any atom is -0.354 e. The number of aromatic nitrogens is 2. The van der Waals surface area contributed by atoms with Crippen LogP contribution < -0.4 is 10.4 Å². The predicted molar refractivity (Wildman–Crippen MR) is 81.4 cm³/mol. The van der Waals surface area contributed by atoms with Crippen molar-refractivity contribution in [1.29, 1.82) is 0 Å². The molecule has 0 atom stereocenters. The van der Waals surface area contributed by atoms with Crippen LogP contribution in [0.2, 0.25) is 0 Å². The summed E-state index contributed by atoms with van der Waals surface area (Å²) < 4.78 is 0. The van der Waals surface area contributed by atoms with E-state index in [2.05, 4.69) is 41.3 Å². The number of hydrogen-bond acceptors (Lipinski definition) is 1. The Kier molecular flexibility index (Phi) is 1.88. The number of nitrogens with one attached hydrogen (secondary N) is 1. The van der Waals surface area contributed by atoms with Gasteiger partial charge in [-0.1, -0.05) is 31.4 Å². The highest BCUT2D eigenvalue weighted by molar-refractivity contribution is 6.12. The smallest absolute Gasteiger partial charge is 0.0545 e. The van der Waals surface area contributed by atoms with Crippen molar-refractivity contribution in [1.82, 2.24) is 9.97 Å². The molecule has 4 aromatic rings. The van der Waals surface area contributed by atoms with E-state index < -0.39 is 0 Å². The first-order valence-electron chi connectivity index (χ1n) is 6.21. The number of rotatable bonds is 0. The molecule has 0 aliphatic carbocycles. The van der Waals surface area contributed by atoms with E-state index in [0.29, 0.717) is 0 Å². The Morgan fingerprint density at radius 1 is 0.895 bits per heavy atom. The second kappa shape index (κ2) is 3.45. The van der Waals surface area contributed by atoms with E-state index in [0.717, 1.165) is 32.2 Å². The molecule has 2 heteroatoms. The molecule has 0 saturated carbocycles. The summed E-state index contributed by atoms with van der Waals surface area (Å²) in [5.74, 6) is 0. The minimum absolute atomic E-state index is 0.988. The van der Waals surface area contributed by atoms with Crippen LogP contribution in [-0.4, -0.2) is 9.97 Å². The van der Waals surface area contributed by atoms with Crippen molar-refractivity contribution in [3.05, 3.63) is 53.2 Å². The van der Waals surface area contributed by atoms with E-state index >= 15 is 0 Å². The molecule has 4 rings (SSSR count). The molecular formula is C17H12N2. The van der Waals surface area contributed by atoms with Crippen LogP contribution in [0.5, 0.6) is 0 Å². The van der Waals surface area contributed by atoms with Crippen molar-refractivity contribution in [2.24, 2.45) is 0 Å². The summed E-state index contributed by atoms with van der Waals surface area (Å²) in [6.45, 7) is 8.48. The van der Waals surface area contributed by atoms with Crippen LogP contribution in [-0.2, 0) is 0 Å². The zero-order valence-electron chi connectivity index (χ0n) is 10.4. The van der Waals surface area contributed by atoms with Gasteiger partial charge in [-0.3, -0.25) is 4.98 Å². The topological polar surface area (TPSA) is 28.7 Å². The highest BCUT2D eigenvalue weighted by Gasteiger charge is 2.09. The van der Waals surface area contributed by atoms with Gasteiger partial charge >= 0.3 is 0 Å². The average Bonchev–Trinajstić information content (AvgIpc) is 2.84. The molecule has 1 N–H and O–H groups in total. The molecule has 0 bridgehead atoms. The molecule has 0 aliphatic rings. The highest BCUT2D eigenvalue weighted by Crippen LogP contribution is 2.22. The van der Waals surface area contributed by atoms with E-state index in [4.69, 9.17) is 0 Å². The molecule has 0 aliphatic heterocycles. The third-order valence-corrected chi connectivity index (χ3v) is 3.78. The summed E-state index contributed by atoms with van der Waals surface area (Å²) in [7, 11) is 0. The van der Waals surface area contributed by atoms with Crippen LogP contribution in [0.4, 0.5) is 0 Å². The van der Waals surface area contributed by atoms with Crippen molar-refractivity contribution >= 4 is 45.7 Å². The lowest BCUT2D eigenvalue weighted by Gasteiger charge is -2.01. The summed E-state index contributed by atoms with van der Waals surface area (Å²) in [5, 5.41) is 6.58. The molecular weight excluding hydrogens is 232 g/mol. The molecule has 2 aromatic carbocycles. The van der Waals surface area contributed by atoms with Crippen molar-refractivity contribution < 1.29 is 0 Å². The third kappa shape index (κ3) is 1.23. The van der Waals surface area contributed by atoms with Crippen LogP contribution in [0.15, 0.2) is 42.7 Å². The molecule has 0 saturated heterocycles. The second-order valence-electron chi connectivity index (χ2n) is 4.80. The van der Waals surface area contributed by atoms with Crippen molar-refractivity contribution in [3.63, 3.8) is 0 Å². The number of para-hydroxylation sites is 1. The number of aromatic amines is 1. The fourth-order valence-electron chi connectivity index (χ4n) is 2.85. The maximum absolute atomic E-state index is 4.26. The minimum atomic E-state index is 0.988. The van der Waals surface area contributed by atoms with Gasteiger partial charge in [0.2, 0.25) is 0 Å². The number of hydrogen-bond donors (Lipinski definition) is 1. The number of fused-ring (bicyclic) bond motifs is 4. The van der Waals surface area contributed by atoms with Crippen LogP contribution >= 0.6 is 0 Å². The summed E-state index contributed by atoms with van der Waals surface area (Å²) in [5.41, 5.74) is 2.18. The van der Waals surface area contributed by atoms with E-state index in [9.17, 15) is 0 Å².